The molecular formula is C14H35N3O3Si. The topological polar surface area (TPSA) is 69.0 Å². The van der Waals surface area contributed by atoms with Gasteiger partial charge in [-0.1, -0.05) is 27.2 Å². The van der Waals surface area contributed by atoms with Gasteiger partial charge in [0.15, 0.2) is 0 Å². The third kappa shape index (κ3) is 4.48. The number of hydrogen-bond acceptors (Lipinski definition) is 6. The van der Waals surface area contributed by atoms with Gasteiger partial charge in [-0.3, -0.25) is 4.90 Å². The fourth-order valence-electron chi connectivity index (χ4n) is 3.27. The van der Waals surface area contributed by atoms with E-state index in [0.29, 0.717) is 6.54 Å². The van der Waals surface area contributed by atoms with Gasteiger partial charge in [-0.2, -0.15) is 0 Å². The maximum Gasteiger partial charge on any atom is 0.522 e. The SMILES string of the molecule is CCCC(CNCCN)(N(CC)CC)[Si](OC)(OC)OC. The zero-order valence-corrected chi connectivity index (χ0v) is 15.7. The highest BCUT2D eigenvalue weighted by Crippen LogP contribution is 2.33. The van der Waals surface area contributed by atoms with E-state index in [9.17, 15) is 0 Å². The minimum absolute atomic E-state index is 0.279. The highest BCUT2D eigenvalue weighted by molar-refractivity contribution is 6.64. The van der Waals surface area contributed by atoms with E-state index < -0.39 is 8.80 Å². The molecule has 0 aliphatic rings. The number of likely N-dealkylation sites (N-methyl/N-ethyl adjacent to an activating group) is 1. The first-order valence-corrected chi connectivity index (χ1v) is 9.61. The van der Waals surface area contributed by atoms with Crippen molar-refractivity contribution < 1.29 is 13.3 Å². The van der Waals surface area contributed by atoms with Crippen LogP contribution in [-0.4, -0.2) is 72.9 Å². The first-order chi connectivity index (χ1) is 10.1. The van der Waals surface area contributed by atoms with Gasteiger partial charge >= 0.3 is 8.80 Å². The normalized spacial score (nSPS) is 15.4. The van der Waals surface area contributed by atoms with Crippen molar-refractivity contribution in [3.05, 3.63) is 0 Å². The summed E-state index contributed by atoms with van der Waals surface area (Å²) in [4.78, 5) is 2.41. The summed E-state index contributed by atoms with van der Waals surface area (Å²) in [5, 5.41) is 3.17. The minimum Gasteiger partial charge on any atom is -0.376 e. The summed E-state index contributed by atoms with van der Waals surface area (Å²) < 4.78 is 17.6. The molecule has 1 unspecified atom stereocenters. The molecule has 128 valence electrons. The second kappa shape index (κ2) is 10.7. The van der Waals surface area contributed by atoms with E-state index in [4.69, 9.17) is 19.0 Å². The highest BCUT2D eigenvalue weighted by Gasteiger charge is 2.61. The van der Waals surface area contributed by atoms with Crippen LogP contribution in [0.2, 0.25) is 0 Å². The molecule has 0 aromatic heterocycles. The van der Waals surface area contributed by atoms with E-state index in [-0.39, 0.29) is 5.16 Å². The quantitative estimate of drug-likeness (QED) is 0.387. The van der Waals surface area contributed by atoms with Gasteiger partial charge in [0, 0.05) is 41.0 Å². The standard InChI is InChI=1S/C14H35N3O3Si/c1-7-10-14(13-16-12-11-15,17(8-2)9-3)21(18-4,19-5)20-6/h16H,7-13,15H2,1-6H3. The van der Waals surface area contributed by atoms with Crippen LogP contribution in [0.1, 0.15) is 33.6 Å². The van der Waals surface area contributed by atoms with Crippen molar-refractivity contribution in [1.29, 1.82) is 0 Å². The Bertz CT molecular complexity index is 256. The van der Waals surface area contributed by atoms with Crippen LogP contribution in [0.5, 0.6) is 0 Å². The van der Waals surface area contributed by atoms with Gasteiger partial charge in [0.1, 0.15) is 5.16 Å². The van der Waals surface area contributed by atoms with Crippen LogP contribution in [0.3, 0.4) is 0 Å². The van der Waals surface area contributed by atoms with Crippen molar-refractivity contribution in [1.82, 2.24) is 10.2 Å². The minimum atomic E-state index is -2.85. The van der Waals surface area contributed by atoms with E-state index in [2.05, 4.69) is 31.0 Å². The fourth-order valence-corrected chi connectivity index (χ4v) is 6.51. The van der Waals surface area contributed by atoms with Gasteiger partial charge in [-0.15, -0.1) is 0 Å². The second-order valence-electron chi connectivity index (χ2n) is 5.09. The predicted octanol–water partition coefficient (Wildman–Crippen LogP) is 0.833. The lowest BCUT2D eigenvalue weighted by Gasteiger charge is -2.50. The molecule has 3 N–H and O–H groups in total. The van der Waals surface area contributed by atoms with Gasteiger partial charge in [0.2, 0.25) is 0 Å². The summed E-state index contributed by atoms with van der Waals surface area (Å²) in [6.07, 6.45) is 1.99. The fraction of sp³-hybridized carbons (Fsp3) is 1.00. The zero-order valence-electron chi connectivity index (χ0n) is 14.7. The average Bonchev–Trinajstić information content (AvgIpc) is 2.51. The summed E-state index contributed by atoms with van der Waals surface area (Å²) >= 11 is 0. The van der Waals surface area contributed by atoms with Crippen LogP contribution in [0.15, 0.2) is 0 Å². The summed E-state index contributed by atoms with van der Waals surface area (Å²) in [6, 6.07) is 0. The molecule has 7 heteroatoms. The Kier molecular flexibility index (Phi) is 10.6. The Balaban J connectivity index is 5.72. The molecule has 0 bridgehead atoms. The molecule has 0 heterocycles. The molecule has 0 radical (unpaired) electrons. The van der Waals surface area contributed by atoms with Crippen LogP contribution >= 0.6 is 0 Å². The monoisotopic (exact) mass is 321 g/mol. The lowest BCUT2D eigenvalue weighted by atomic mass is 10.1. The number of hydrogen-bond donors (Lipinski definition) is 2. The third-order valence-electron chi connectivity index (χ3n) is 4.15. The largest absolute Gasteiger partial charge is 0.522 e. The molecule has 0 aromatic carbocycles. The van der Waals surface area contributed by atoms with Crippen LogP contribution in [0.25, 0.3) is 0 Å². The zero-order chi connectivity index (χ0) is 16.4. The molecule has 0 fully saturated rings. The van der Waals surface area contributed by atoms with Crippen LogP contribution < -0.4 is 11.1 Å². The molecule has 0 amide bonds. The smallest absolute Gasteiger partial charge is 0.376 e. The molecule has 0 aromatic rings. The molecule has 0 saturated carbocycles. The molecule has 6 nitrogen and oxygen atoms in total. The summed E-state index contributed by atoms with van der Waals surface area (Å²) in [5.74, 6) is 0. The lowest BCUT2D eigenvalue weighted by molar-refractivity contribution is 0.0230. The molecule has 0 saturated heterocycles. The third-order valence-corrected chi connectivity index (χ3v) is 7.64. The van der Waals surface area contributed by atoms with Crippen molar-refractivity contribution in [2.75, 3.05) is 54.1 Å². The van der Waals surface area contributed by atoms with Crippen LogP contribution in [0.4, 0.5) is 0 Å². The van der Waals surface area contributed by atoms with E-state index in [1.165, 1.54) is 0 Å². The van der Waals surface area contributed by atoms with Gasteiger partial charge in [0.05, 0.1) is 0 Å². The van der Waals surface area contributed by atoms with E-state index >= 15 is 0 Å². The summed E-state index contributed by atoms with van der Waals surface area (Å²) in [6.45, 7) is 10.5. The number of nitrogens with two attached hydrogens (primary N) is 1. The Morgan fingerprint density at radius 1 is 1.05 bits per heavy atom. The lowest BCUT2D eigenvalue weighted by Crippen LogP contribution is -2.74. The number of nitrogens with one attached hydrogen (secondary N) is 1. The van der Waals surface area contributed by atoms with E-state index in [0.717, 1.165) is 39.0 Å². The van der Waals surface area contributed by atoms with Crippen molar-refractivity contribution in [3.8, 4) is 0 Å². The average molecular weight is 322 g/mol. The van der Waals surface area contributed by atoms with Crippen molar-refractivity contribution in [3.63, 3.8) is 0 Å². The van der Waals surface area contributed by atoms with Gasteiger partial charge < -0.3 is 24.3 Å². The van der Waals surface area contributed by atoms with Gasteiger partial charge in [0.25, 0.3) is 0 Å². The maximum atomic E-state index is 5.85. The van der Waals surface area contributed by atoms with Crippen LogP contribution in [0, 0.1) is 0 Å². The van der Waals surface area contributed by atoms with Crippen molar-refractivity contribution >= 4 is 8.80 Å². The Morgan fingerprint density at radius 3 is 1.90 bits per heavy atom. The molecule has 0 aliphatic heterocycles. The number of rotatable bonds is 13. The van der Waals surface area contributed by atoms with E-state index in [1.54, 1.807) is 21.3 Å². The molecule has 0 spiro atoms. The first kappa shape index (κ1) is 21.0. The Hall–Kier alpha value is -0.0231. The first-order valence-electron chi connectivity index (χ1n) is 7.89. The van der Waals surface area contributed by atoms with Crippen LogP contribution in [-0.2, 0) is 13.3 Å². The summed E-state index contributed by atoms with van der Waals surface area (Å²) in [5.41, 5.74) is 5.62. The Morgan fingerprint density at radius 2 is 1.57 bits per heavy atom. The predicted molar refractivity (Wildman–Crippen MR) is 89.3 cm³/mol. The summed E-state index contributed by atoms with van der Waals surface area (Å²) in [7, 11) is 2.22. The second-order valence-corrected chi connectivity index (χ2v) is 8.36. The van der Waals surface area contributed by atoms with E-state index in [1.807, 2.05) is 0 Å². The van der Waals surface area contributed by atoms with Crippen molar-refractivity contribution in [2.24, 2.45) is 5.73 Å². The molecule has 0 rings (SSSR count). The molecular weight excluding hydrogens is 286 g/mol. The van der Waals surface area contributed by atoms with Gasteiger partial charge in [-0.05, 0) is 19.5 Å². The van der Waals surface area contributed by atoms with Gasteiger partial charge in [-0.25, -0.2) is 0 Å². The highest BCUT2D eigenvalue weighted by atomic mass is 28.4. The number of nitrogens with zero attached hydrogens (tertiary/aromatic N) is 1. The molecule has 0 aliphatic carbocycles. The molecule has 1 atom stereocenters. The maximum absolute atomic E-state index is 5.85. The molecule has 21 heavy (non-hydrogen) atoms. The Labute approximate surface area is 131 Å². The van der Waals surface area contributed by atoms with Crippen molar-refractivity contribution in [2.45, 2.75) is 38.8 Å².